The van der Waals surface area contributed by atoms with Crippen LogP contribution in [0.15, 0.2) is 39.8 Å². The third kappa shape index (κ3) is 6.02. The van der Waals surface area contributed by atoms with Gasteiger partial charge in [-0.25, -0.2) is 4.99 Å². The molecule has 0 aliphatic rings. The lowest BCUT2D eigenvalue weighted by molar-refractivity contribution is 0.368. The molecule has 1 heterocycles. The topological polar surface area (TPSA) is 75.3 Å². The third-order valence-electron chi connectivity index (χ3n) is 3.47. The van der Waals surface area contributed by atoms with Crippen LogP contribution in [0.2, 0.25) is 0 Å². The standard InChI is InChI=1S/C18H27N5O/c1-4-19-18(21-13-15-9-6-5-7-10-15)20-12-8-11-16-22-17(14(2)3)23-24-16/h5-7,9-10,14H,4,8,11-13H2,1-3H3,(H2,19,20,21). The molecular weight excluding hydrogens is 302 g/mol. The Morgan fingerprint density at radius 2 is 2.00 bits per heavy atom. The largest absolute Gasteiger partial charge is 0.357 e. The summed E-state index contributed by atoms with van der Waals surface area (Å²) in [5.41, 5.74) is 1.20. The average Bonchev–Trinajstić information content (AvgIpc) is 3.06. The molecule has 1 aromatic heterocycles. The lowest BCUT2D eigenvalue weighted by Crippen LogP contribution is -2.37. The maximum atomic E-state index is 5.25. The van der Waals surface area contributed by atoms with Crippen LogP contribution in [0.5, 0.6) is 0 Å². The molecule has 0 amide bonds. The van der Waals surface area contributed by atoms with Gasteiger partial charge in [-0.05, 0) is 18.9 Å². The van der Waals surface area contributed by atoms with Crippen LogP contribution >= 0.6 is 0 Å². The first kappa shape index (κ1) is 18.0. The van der Waals surface area contributed by atoms with E-state index in [1.165, 1.54) is 5.56 Å². The first-order valence-electron chi connectivity index (χ1n) is 8.57. The number of guanidine groups is 1. The highest BCUT2D eigenvalue weighted by molar-refractivity contribution is 5.79. The van der Waals surface area contributed by atoms with Gasteiger partial charge in [0.2, 0.25) is 5.89 Å². The van der Waals surface area contributed by atoms with Crippen LogP contribution in [0.3, 0.4) is 0 Å². The first-order valence-corrected chi connectivity index (χ1v) is 8.57. The third-order valence-corrected chi connectivity index (χ3v) is 3.47. The van der Waals surface area contributed by atoms with Gasteiger partial charge in [0, 0.05) is 25.4 Å². The van der Waals surface area contributed by atoms with Crippen LogP contribution in [-0.4, -0.2) is 29.2 Å². The second-order valence-corrected chi connectivity index (χ2v) is 5.91. The Bertz CT molecular complexity index is 621. The van der Waals surface area contributed by atoms with Gasteiger partial charge in [0.15, 0.2) is 11.8 Å². The molecule has 6 nitrogen and oxygen atoms in total. The Balaban J connectivity index is 1.76. The van der Waals surface area contributed by atoms with E-state index in [9.17, 15) is 0 Å². The minimum absolute atomic E-state index is 0.297. The van der Waals surface area contributed by atoms with E-state index in [0.717, 1.165) is 37.7 Å². The summed E-state index contributed by atoms with van der Waals surface area (Å²) in [5, 5.41) is 10.6. The maximum Gasteiger partial charge on any atom is 0.226 e. The summed E-state index contributed by atoms with van der Waals surface area (Å²) in [6, 6.07) is 10.2. The van der Waals surface area contributed by atoms with Crippen molar-refractivity contribution in [2.24, 2.45) is 4.99 Å². The Morgan fingerprint density at radius 3 is 2.67 bits per heavy atom. The van der Waals surface area contributed by atoms with Crippen LogP contribution in [-0.2, 0) is 13.0 Å². The van der Waals surface area contributed by atoms with E-state index in [2.05, 4.69) is 58.7 Å². The molecule has 0 saturated carbocycles. The number of nitrogens with one attached hydrogen (secondary N) is 2. The number of aromatic nitrogens is 2. The van der Waals surface area contributed by atoms with Crippen molar-refractivity contribution in [2.75, 3.05) is 13.1 Å². The minimum atomic E-state index is 0.297. The zero-order valence-corrected chi connectivity index (χ0v) is 14.7. The molecule has 130 valence electrons. The quantitative estimate of drug-likeness (QED) is 0.442. The summed E-state index contributed by atoms with van der Waals surface area (Å²) >= 11 is 0. The van der Waals surface area contributed by atoms with Crippen LogP contribution in [0, 0.1) is 0 Å². The number of hydrogen-bond acceptors (Lipinski definition) is 4. The number of rotatable bonds is 8. The Kier molecular flexibility index (Phi) is 7.26. The van der Waals surface area contributed by atoms with Crippen molar-refractivity contribution < 1.29 is 4.52 Å². The second-order valence-electron chi connectivity index (χ2n) is 5.91. The van der Waals surface area contributed by atoms with Gasteiger partial charge in [-0.1, -0.05) is 49.3 Å². The van der Waals surface area contributed by atoms with Crippen LogP contribution in [0.1, 0.15) is 50.4 Å². The van der Waals surface area contributed by atoms with Crippen LogP contribution in [0.25, 0.3) is 0 Å². The van der Waals surface area contributed by atoms with Crippen molar-refractivity contribution in [2.45, 2.75) is 46.1 Å². The summed E-state index contributed by atoms with van der Waals surface area (Å²) in [4.78, 5) is 8.99. The van der Waals surface area contributed by atoms with Gasteiger partial charge in [0.25, 0.3) is 0 Å². The highest BCUT2D eigenvalue weighted by Crippen LogP contribution is 2.10. The van der Waals surface area contributed by atoms with E-state index in [1.54, 1.807) is 0 Å². The SMILES string of the molecule is CCNC(=NCc1ccccc1)NCCCc1nc(C(C)C)no1. The van der Waals surface area contributed by atoms with E-state index in [-0.39, 0.29) is 0 Å². The van der Waals surface area contributed by atoms with Crippen molar-refractivity contribution in [1.29, 1.82) is 0 Å². The molecule has 0 bridgehead atoms. The van der Waals surface area contributed by atoms with Gasteiger partial charge >= 0.3 is 0 Å². The number of hydrogen-bond donors (Lipinski definition) is 2. The predicted molar refractivity (Wildman–Crippen MR) is 96.0 cm³/mol. The molecule has 0 aliphatic heterocycles. The highest BCUT2D eigenvalue weighted by atomic mass is 16.5. The lowest BCUT2D eigenvalue weighted by Gasteiger charge is -2.10. The van der Waals surface area contributed by atoms with E-state index in [4.69, 9.17) is 4.52 Å². The van der Waals surface area contributed by atoms with Crippen molar-refractivity contribution >= 4 is 5.96 Å². The van der Waals surface area contributed by atoms with Gasteiger partial charge in [0.05, 0.1) is 6.54 Å². The van der Waals surface area contributed by atoms with Gasteiger partial charge in [-0.3, -0.25) is 0 Å². The van der Waals surface area contributed by atoms with E-state index in [1.807, 2.05) is 18.2 Å². The summed E-state index contributed by atoms with van der Waals surface area (Å²) in [6.07, 6.45) is 1.68. The van der Waals surface area contributed by atoms with Crippen molar-refractivity contribution in [3.05, 3.63) is 47.6 Å². The predicted octanol–water partition coefficient (Wildman–Crippen LogP) is 2.88. The fraction of sp³-hybridized carbons (Fsp3) is 0.500. The monoisotopic (exact) mass is 329 g/mol. The molecule has 1 aromatic carbocycles. The Morgan fingerprint density at radius 1 is 1.21 bits per heavy atom. The second kappa shape index (κ2) is 9.70. The summed E-state index contributed by atoms with van der Waals surface area (Å²) in [5.74, 6) is 2.60. The van der Waals surface area contributed by atoms with Gasteiger partial charge in [-0.15, -0.1) is 0 Å². The molecule has 2 rings (SSSR count). The molecule has 0 saturated heterocycles. The minimum Gasteiger partial charge on any atom is -0.357 e. The van der Waals surface area contributed by atoms with Crippen LogP contribution < -0.4 is 10.6 Å². The Labute approximate surface area is 143 Å². The van der Waals surface area contributed by atoms with Gasteiger partial charge < -0.3 is 15.2 Å². The molecule has 24 heavy (non-hydrogen) atoms. The highest BCUT2D eigenvalue weighted by Gasteiger charge is 2.09. The molecule has 0 fully saturated rings. The molecular formula is C18H27N5O. The zero-order valence-electron chi connectivity index (χ0n) is 14.7. The number of aliphatic imine (C=N–C) groups is 1. The fourth-order valence-electron chi connectivity index (χ4n) is 2.15. The number of benzene rings is 1. The molecule has 0 radical (unpaired) electrons. The van der Waals surface area contributed by atoms with Crippen molar-refractivity contribution in [3.63, 3.8) is 0 Å². The Hall–Kier alpha value is -2.37. The van der Waals surface area contributed by atoms with E-state index < -0.39 is 0 Å². The summed E-state index contributed by atoms with van der Waals surface area (Å²) < 4.78 is 5.25. The number of aryl methyl sites for hydroxylation is 1. The van der Waals surface area contributed by atoms with Crippen molar-refractivity contribution in [1.82, 2.24) is 20.8 Å². The molecule has 0 aliphatic carbocycles. The van der Waals surface area contributed by atoms with Gasteiger partial charge in [0.1, 0.15) is 0 Å². The smallest absolute Gasteiger partial charge is 0.226 e. The maximum absolute atomic E-state index is 5.25. The molecule has 0 spiro atoms. The first-order chi connectivity index (χ1) is 11.7. The van der Waals surface area contributed by atoms with Gasteiger partial charge in [-0.2, -0.15) is 4.98 Å². The lowest BCUT2D eigenvalue weighted by atomic mass is 10.2. The van der Waals surface area contributed by atoms with Crippen molar-refractivity contribution in [3.8, 4) is 0 Å². The summed E-state index contributed by atoms with van der Waals surface area (Å²) in [7, 11) is 0. The fourth-order valence-corrected chi connectivity index (χ4v) is 2.15. The molecule has 0 unspecified atom stereocenters. The van der Waals surface area contributed by atoms with E-state index >= 15 is 0 Å². The molecule has 0 atom stereocenters. The molecule has 2 N–H and O–H groups in total. The normalized spacial score (nSPS) is 11.8. The average molecular weight is 329 g/mol. The summed E-state index contributed by atoms with van der Waals surface area (Å²) in [6.45, 7) is 8.48. The molecule has 2 aromatic rings. The van der Waals surface area contributed by atoms with E-state index in [0.29, 0.717) is 18.4 Å². The zero-order chi connectivity index (χ0) is 17.2. The molecule has 6 heteroatoms. The van der Waals surface area contributed by atoms with Crippen LogP contribution in [0.4, 0.5) is 0 Å². The number of nitrogens with zero attached hydrogens (tertiary/aromatic N) is 3.